The molecule has 0 unspecified atom stereocenters. The first kappa shape index (κ1) is 17.6. The van der Waals surface area contributed by atoms with Crippen molar-refractivity contribution in [1.29, 1.82) is 0 Å². The van der Waals surface area contributed by atoms with Crippen molar-refractivity contribution in [3.05, 3.63) is 88.2 Å². The van der Waals surface area contributed by atoms with Crippen LogP contribution in [0.1, 0.15) is 38.4 Å². The lowest BCUT2D eigenvalue weighted by Crippen LogP contribution is -2.18. The predicted octanol–water partition coefficient (Wildman–Crippen LogP) is 3.62. The number of nitrogens with zero attached hydrogens (tertiary/aromatic N) is 3. The van der Waals surface area contributed by atoms with Crippen LogP contribution in [0.4, 0.5) is 0 Å². The first-order chi connectivity index (χ1) is 12.5. The third kappa shape index (κ3) is 4.45. The Kier molecular flexibility index (Phi) is 5.27. The van der Waals surface area contributed by atoms with Crippen molar-refractivity contribution in [2.75, 3.05) is 0 Å². The summed E-state index contributed by atoms with van der Waals surface area (Å²) in [6.07, 6.45) is 1.64. The molecule has 0 saturated heterocycles. The minimum Gasteiger partial charge on any atom is -0.267 e. The SMILES string of the molecule is Cc1ccc(/C=N\NC(=O)c2cccc(Cn3nc(C)cc3C)c2)cc1. The van der Waals surface area contributed by atoms with Gasteiger partial charge in [-0.25, -0.2) is 5.43 Å². The van der Waals surface area contributed by atoms with Gasteiger partial charge in [0.05, 0.1) is 18.5 Å². The van der Waals surface area contributed by atoms with Crippen molar-refractivity contribution in [2.45, 2.75) is 27.3 Å². The second-order valence-electron chi connectivity index (χ2n) is 6.39. The van der Waals surface area contributed by atoms with E-state index < -0.39 is 0 Å². The highest BCUT2D eigenvalue weighted by molar-refractivity contribution is 5.95. The summed E-state index contributed by atoms with van der Waals surface area (Å²) < 4.78 is 1.93. The van der Waals surface area contributed by atoms with Gasteiger partial charge in [-0.3, -0.25) is 9.48 Å². The number of carbonyl (C=O) groups excluding carboxylic acids is 1. The summed E-state index contributed by atoms with van der Waals surface area (Å²) in [6.45, 7) is 6.66. The van der Waals surface area contributed by atoms with Gasteiger partial charge in [0.1, 0.15) is 0 Å². The highest BCUT2D eigenvalue weighted by Crippen LogP contribution is 2.10. The van der Waals surface area contributed by atoms with Gasteiger partial charge >= 0.3 is 0 Å². The van der Waals surface area contributed by atoms with E-state index in [1.165, 1.54) is 5.56 Å². The van der Waals surface area contributed by atoms with Gasteiger partial charge in [-0.05, 0) is 50.1 Å². The monoisotopic (exact) mass is 346 g/mol. The number of aromatic nitrogens is 2. The molecule has 0 aliphatic carbocycles. The summed E-state index contributed by atoms with van der Waals surface area (Å²) in [4.78, 5) is 12.3. The number of amides is 1. The molecule has 1 amide bonds. The van der Waals surface area contributed by atoms with Gasteiger partial charge in [-0.1, -0.05) is 42.0 Å². The quantitative estimate of drug-likeness (QED) is 0.566. The standard InChI is InChI=1S/C21H22N4O/c1-15-7-9-18(10-8-15)13-22-23-21(26)20-6-4-5-19(12-20)14-25-17(3)11-16(2)24-25/h4-13H,14H2,1-3H3,(H,23,26)/b22-13-. The van der Waals surface area contributed by atoms with Crippen LogP contribution in [-0.4, -0.2) is 21.9 Å². The molecule has 3 rings (SSSR count). The van der Waals surface area contributed by atoms with Crippen molar-refractivity contribution in [2.24, 2.45) is 5.10 Å². The maximum absolute atomic E-state index is 12.3. The Morgan fingerprint density at radius 2 is 1.88 bits per heavy atom. The van der Waals surface area contributed by atoms with Gasteiger partial charge in [0.15, 0.2) is 0 Å². The molecule has 3 aromatic rings. The van der Waals surface area contributed by atoms with Crippen molar-refractivity contribution in [1.82, 2.24) is 15.2 Å². The average molecular weight is 346 g/mol. The second kappa shape index (κ2) is 7.78. The Hall–Kier alpha value is -3.21. The summed E-state index contributed by atoms with van der Waals surface area (Å²) in [7, 11) is 0. The highest BCUT2D eigenvalue weighted by Gasteiger charge is 2.07. The zero-order valence-corrected chi connectivity index (χ0v) is 15.2. The van der Waals surface area contributed by atoms with Crippen LogP contribution in [0.25, 0.3) is 0 Å². The fourth-order valence-corrected chi connectivity index (χ4v) is 2.70. The van der Waals surface area contributed by atoms with Crippen molar-refractivity contribution < 1.29 is 4.79 Å². The molecule has 0 fully saturated rings. The summed E-state index contributed by atoms with van der Waals surface area (Å²) in [5.41, 5.74) is 8.38. The molecule has 0 spiro atoms. The molecule has 1 aromatic heterocycles. The van der Waals surface area contributed by atoms with Crippen LogP contribution in [0.2, 0.25) is 0 Å². The molecule has 0 aliphatic heterocycles. The number of carbonyl (C=O) groups is 1. The van der Waals surface area contributed by atoms with E-state index in [0.717, 1.165) is 22.5 Å². The number of aryl methyl sites for hydroxylation is 3. The Balaban J connectivity index is 1.66. The van der Waals surface area contributed by atoms with Crippen molar-refractivity contribution >= 4 is 12.1 Å². The zero-order chi connectivity index (χ0) is 18.5. The van der Waals surface area contributed by atoms with E-state index in [1.54, 1.807) is 12.3 Å². The lowest BCUT2D eigenvalue weighted by molar-refractivity contribution is 0.0955. The molecule has 132 valence electrons. The topological polar surface area (TPSA) is 59.3 Å². The summed E-state index contributed by atoms with van der Waals surface area (Å²) in [5.74, 6) is -0.233. The number of rotatable bonds is 5. The van der Waals surface area contributed by atoms with E-state index in [1.807, 2.05) is 74.0 Å². The maximum Gasteiger partial charge on any atom is 0.271 e. The Morgan fingerprint density at radius 1 is 1.12 bits per heavy atom. The third-order valence-electron chi connectivity index (χ3n) is 4.08. The molecular formula is C21H22N4O. The number of hydrazone groups is 1. The molecule has 0 saturated carbocycles. The van der Waals surface area contributed by atoms with E-state index in [2.05, 4.69) is 15.6 Å². The van der Waals surface area contributed by atoms with E-state index in [0.29, 0.717) is 12.1 Å². The van der Waals surface area contributed by atoms with Crippen LogP contribution < -0.4 is 5.43 Å². The summed E-state index contributed by atoms with van der Waals surface area (Å²) in [5, 5.41) is 8.50. The van der Waals surface area contributed by atoms with Crippen LogP contribution in [0.5, 0.6) is 0 Å². The van der Waals surface area contributed by atoms with Crippen LogP contribution in [-0.2, 0) is 6.54 Å². The average Bonchev–Trinajstić information content (AvgIpc) is 2.94. The molecule has 0 aliphatic rings. The summed E-state index contributed by atoms with van der Waals surface area (Å²) >= 11 is 0. The van der Waals surface area contributed by atoms with Gasteiger partial charge in [0.2, 0.25) is 0 Å². The molecule has 0 bridgehead atoms. The molecule has 1 heterocycles. The van der Waals surface area contributed by atoms with Gasteiger partial charge in [-0.15, -0.1) is 0 Å². The van der Waals surface area contributed by atoms with Gasteiger partial charge < -0.3 is 0 Å². The van der Waals surface area contributed by atoms with E-state index in [4.69, 9.17) is 0 Å². The number of nitrogens with one attached hydrogen (secondary N) is 1. The molecule has 1 N–H and O–H groups in total. The molecule has 2 aromatic carbocycles. The minimum absolute atomic E-state index is 0.233. The molecule has 5 heteroatoms. The zero-order valence-electron chi connectivity index (χ0n) is 15.2. The fraction of sp³-hybridized carbons (Fsp3) is 0.190. The Labute approximate surface area is 153 Å². The second-order valence-corrected chi connectivity index (χ2v) is 6.39. The van der Waals surface area contributed by atoms with Crippen LogP contribution in [0.15, 0.2) is 59.7 Å². The number of hydrogen-bond donors (Lipinski definition) is 1. The summed E-state index contributed by atoms with van der Waals surface area (Å²) in [6, 6.07) is 17.5. The number of benzene rings is 2. The van der Waals surface area contributed by atoms with Gasteiger partial charge in [0.25, 0.3) is 5.91 Å². The van der Waals surface area contributed by atoms with E-state index in [9.17, 15) is 4.79 Å². The lowest BCUT2D eigenvalue weighted by Gasteiger charge is -2.06. The van der Waals surface area contributed by atoms with E-state index in [-0.39, 0.29) is 5.91 Å². The van der Waals surface area contributed by atoms with E-state index >= 15 is 0 Å². The Bertz CT molecular complexity index is 939. The first-order valence-electron chi connectivity index (χ1n) is 8.51. The normalized spacial score (nSPS) is 11.0. The maximum atomic E-state index is 12.3. The minimum atomic E-state index is -0.233. The van der Waals surface area contributed by atoms with Gasteiger partial charge in [-0.2, -0.15) is 10.2 Å². The first-order valence-corrected chi connectivity index (χ1v) is 8.51. The molecule has 26 heavy (non-hydrogen) atoms. The smallest absolute Gasteiger partial charge is 0.267 e. The van der Waals surface area contributed by atoms with Crippen molar-refractivity contribution in [3.63, 3.8) is 0 Å². The fourth-order valence-electron chi connectivity index (χ4n) is 2.70. The highest BCUT2D eigenvalue weighted by atomic mass is 16.2. The molecule has 5 nitrogen and oxygen atoms in total. The predicted molar refractivity (Wildman–Crippen MR) is 103 cm³/mol. The lowest BCUT2D eigenvalue weighted by atomic mass is 10.1. The van der Waals surface area contributed by atoms with Gasteiger partial charge in [0, 0.05) is 11.3 Å². The van der Waals surface area contributed by atoms with Crippen LogP contribution in [0.3, 0.4) is 0 Å². The largest absolute Gasteiger partial charge is 0.271 e. The molecular weight excluding hydrogens is 324 g/mol. The van der Waals surface area contributed by atoms with Crippen LogP contribution >= 0.6 is 0 Å². The van der Waals surface area contributed by atoms with Crippen molar-refractivity contribution in [3.8, 4) is 0 Å². The third-order valence-corrected chi connectivity index (χ3v) is 4.08. The molecule has 0 radical (unpaired) electrons. The molecule has 0 atom stereocenters. The Morgan fingerprint density at radius 3 is 2.58 bits per heavy atom. The number of hydrogen-bond acceptors (Lipinski definition) is 3. The van der Waals surface area contributed by atoms with Crippen LogP contribution in [0, 0.1) is 20.8 Å².